The normalized spacial score (nSPS) is 31.8. The molecule has 1 fully saturated rings. The Morgan fingerprint density at radius 3 is 2.11 bits per heavy atom. The van der Waals surface area contributed by atoms with Gasteiger partial charge in [-0.1, -0.05) is 0 Å². The molecule has 1 unspecified atom stereocenters. The number of carbonyl (C=O) groups excluding carboxylic acids is 2. The van der Waals surface area contributed by atoms with E-state index in [4.69, 9.17) is 23.7 Å². The Kier molecular flexibility index (Phi) is 5.71. The zero-order chi connectivity index (χ0) is 14.6. The van der Waals surface area contributed by atoms with Crippen LogP contribution in [0.1, 0.15) is 20.8 Å². The highest BCUT2D eigenvalue weighted by atomic mass is 16.7. The van der Waals surface area contributed by atoms with Gasteiger partial charge in [0.2, 0.25) is 0 Å². The van der Waals surface area contributed by atoms with Crippen molar-refractivity contribution < 1.29 is 33.3 Å². The number of rotatable bonds is 5. The lowest BCUT2D eigenvalue weighted by atomic mass is 10.1. The van der Waals surface area contributed by atoms with E-state index in [-0.39, 0.29) is 0 Å². The first kappa shape index (κ1) is 15.9. The minimum atomic E-state index is -0.753. The molecule has 1 heterocycles. The minimum Gasteiger partial charge on any atom is -0.460 e. The smallest absolute Gasteiger partial charge is 0.303 e. The second-order valence-corrected chi connectivity index (χ2v) is 4.29. The van der Waals surface area contributed by atoms with Crippen LogP contribution in [0.2, 0.25) is 0 Å². The van der Waals surface area contributed by atoms with Gasteiger partial charge in [0.1, 0.15) is 18.3 Å². The molecule has 0 aliphatic carbocycles. The quantitative estimate of drug-likeness (QED) is 0.666. The fourth-order valence-electron chi connectivity index (χ4n) is 2.13. The van der Waals surface area contributed by atoms with Gasteiger partial charge in [-0.15, -0.1) is 0 Å². The highest BCUT2D eigenvalue weighted by molar-refractivity contribution is 5.66. The largest absolute Gasteiger partial charge is 0.460 e. The zero-order valence-electron chi connectivity index (χ0n) is 11.7. The molecule has 1 rings (SSSR count). The van der Waals surface area contributed by atoms with Gasteiger partial charge in [0.05, 0.1) is 0 Å². The summed E-state index contributed by atoms with van der Waals surface area (Å²) in [7, 11) is 2.91. The van der Waals surface area contributed by atoms with Crippen molar-refractivity contribution in [3.8, 4) is 0 Å². The average molecular weight is 276 g/mol. The average Bonchev–Trinajstić information content (AvgIpc) is 2.65. The van der Waals surface area contributed by atoms with Gasteiger partial charge in [-0.3, -0.25) is 9.59 Å². The summed E-state index contributed by atoms with van der Waals surface area (Å²) in [6.07, 6.45) is -3.13. The molecule has 7 heteroatoms. The fraction of sp³-hybridized carbons (Fsp3) is 0.833. The molecule has 0 N–H and O–H groups in total. The Labute approximate surface area is 112 Å². The number of methoxy groups -OCH3 is 2. The molecule has 0 aromatic heterocycles. The number of hydrogen-bond donors (Lipinski definition) is 0. The summed E-state index contributed by atoms with van der Waals surface area (Å²) in [4.78, 5) is 22.1. The third-order valence-corrected chi connectivity index (χ3v) is 2.83. The summed E-state index contributed by atoms with van der Waals surface area (Å²) >= 11 is 0. The van der Waals surface area contributed by atoms with Crippen LogP contribution in [-0.2, 0) is 33.3 Å². The number of carbonyl (C=O) groups is 2. The van der Waals surface area contributed by atoms with E-state index >= 15 is 0 Å². The summed E-state index contributed by atoms with van der Waals surface area (Å²) in [6, 6.07) is 0. The van der Waals surface area contributed by atoms with Gasteiger partial charge in [0.25, 0.3) is 0 Å². The summed E-state index contributed by atoms with van der Waals surface area (Å²) in [6.45, 7) is 4.29. The van der Waals surface area contributed by atoms with Crippen LogP contribution in [0, 0.1) is 0 Å². The first-order valence-corrected chi connectivity index (χ1v) is 5.96. The topological polar surface area (TPSA) is 80.3 Å². The predicted molar refractivity (Wildman–Crippen MR) is 63.2 cm³/mol. The van der Waals surface area contributed by atoms with Gasteiger partial charge in [-0.25, -0.2) is 0 Å². The maximum atomic E-state index is 11.1. The standard InChI is InChI=1S/C12H20O7/c1-6(17-7(2)13)9-10(15-4)11(18-8(3)14)12(16-5)19-9/h6,9-12H,1-5H3/t6-,9+,10+,11-,12?/m0/s1. The van der Waals surface area contributed by atoms with Crippen LogP contribution < -0.4 is 0 Å². The Morgan fingerprint density at radius 1 is 1.05 bits per heavy atom. The molecule has 0 saturated carbocycles. The number of hydrogen-bond acceptors (Lipinski definition) is 7. The Balaban J connectivity index is 2.83. The van der Waals surface area contributed by atoms with E-state index in [0.29, 0.717) is 0 Å². The van der Waals surface area contributed by atoms with E-state index in [2.05, 4.69) is 0 Å². The van der Waals surface area contributed by atoms with Crippen molar-refractivity contribution in [2.45, 2.75) is 51.5 Å². The van der Waals surface area contributed by atoms with Crippen LogP contribution in [0.15, 0.2) is 0 Å². The summed E-state index contributed by atoms with van der Waals surface area (Å²) in [5.74, 6) is -0.880. The first-order valence-electron chi connectivity index (χ1n) is 5.96. The van der Waals surface area contributed by atoms with E-state index in [1.54, 1.807) is 6.92 Å². The fourth-order valence-corrected chi connectivity index (χ4v) is 2.13. The SMILES string of the molecule is COC1O[C@H]([C@H](C)OC(C)=O)[C@@H](OC)[C@@H]1OC(C)=O. The third-order valence-electron chi connectivity index (χ3n) is 2.83. The predicted octanol–water partition coefficient (Wildman–Crippen LogP) is 0.256. The maximum Gasteiger partial charge on any atom is 0.303 e. The third kappa shape index (κ3) is 3.89. The molecule has 7 nitrogen and oxygen atoms in total. The van der Waals surface area contributed by atoms with Crippen molar-refractivity contribution in [2.24, 2.45) is 0 Å². The maximum absolute atomic E-state index is 11.1. The van der Waals surface area contributed by atoms with Crippen molar-refractivity contribution in [3.63, 3.8) is 0 Å². The van der Waals surface area contributed by atoms with Gasteiger partial charge < -0.3 is 23.7 Å². The van der Waals surface area contributed by atoms with Crippen LogP contribution in [0.3, 0.4) is 0 Å². The molecule has 110 valence electrons. The molecule has 1 aliphatic rings. The molecule has 0 aromatic rings. The van der Waals surface area contributed by atoms with Crippen LogP contribution in [0.4, 0.5) is 0 Å². The van der Waals surface area contributed by atoms with E-state index in [9.17, 15) is 9.59 Å². The molecule has 0 spiro atoms. The highest BCUT2D eigenvalue weighted by Gasteiger charge is 2.50. The van der Waals surface area contributed by atoms with Crippen molar-refractivity contribution in [2.75, 3.05) is 14.2 Å². The summed E-state index contributed by atoms with van der Waals surface area (Å²) in [5.41, 5.74) is 0. The molecular formula is C12H20O7. The first-order chi connectivity index (χ1) is 8.90. The molecular weight excluding hydrogens is 256 g/mol. The minimum absolute atomic E-state index is 0.421. The van der Waals surface area contributed by atoms with Crippen LogP contribution in [0.25, 0.3) is 0 Å². The molecule has 1 saturated heterocycles. The van der Waals surface area contributed by atoms with Gasteiger partial charge in [0.15, 0.2) is 12.4 Å². The molecule has 19 heavy (non-hydrogen) atoms. The lowest BCUT2D eigenvalue weighted by molar-refractivity contribution is -0.185. The highest BCUT2D eigenvalue weighted by Crippen LogP contribution is 2.29. The molecule has 0 bridgehead atoms. The van der Waals surface area contributed by atoms with Crippen LogP contribution in [0.5, 0.6) is 0 Å². The summed E-state index contributed by atoms with van der Waals surface area (Å²) in [5, 5.41) is 0. The van der Waals surface area contributed by atoms with E-state index in [1.807, 2.05) is 0 Å². The molecule has 1 aliphatic heterocycles. The second-order valence-electron chi connectivity index (χ2n) is 4.29. The Morgan fingerprint density at radius 2 is 1.68 bits per heavy atom. The lowest BCUT2D eigenvalue weighted by Gasteiger charge is -2.24. The van der Waals surface area contributed by atoms with Gasteiger partial charge >= 0.3 is 11.9 Å². The van der Waals surface area contributed by atoms with Crippen molar-refractivity contribution in [1.29, 1.82) is 0 Å². The van der Waals surface area contributed by atoms with Crippen LogP contribution in [-0.4, -0.2) is 56.9 Å². The lowest BCUT2D eigenvalue weighted by Crippen LogP contribution is -2.42. The van der Waals surface area contributed by atoms with Crippen molar-refractivity contribution in [1.82, 2.24) is 0 Å². The Bertz CT molecular complexity index is 330. The van der Waals surface area contributed by atoms with Gasteiger partial charge in [-0.05, 0) is 6.92 Å². The molecule has 0 radical (unpaired) electrons. The van der Waals surface area contributed by atoms with Gasteiger partial charge in [-0.2, -0.15) is 0 Å². The molecule has 0 aromatic carbocycles. The number of ether oxygens (including phenoxy) is 5. The van der Waals surface area contributed by atoms with Crippen molar-refractivity contribution in [3.05, 3.63) is 0 Å². The van der Waals surface area contributed by atoms with E-state index < -0.39 is 42.6 Å². The van der Waals surface area contributed by atoms with Crippen LogP contribution >= 0.6 is 0 Å². The summed E-state index contributed by atoms with van der Waals surface area (Å²) < 4.78 is 26.2. The molecule has 0 amide bonds. The zero-order valence-corrected chi connectivity index (χ0v) is 11.7. The van der Waals surface area contributed by atoms with Crippen molar-refractivity contribution >= 4 is 11.9 Å². The second kappa shape index (κ2) is 6.83. The number of esters is 2. The molecule has 5 atom stereocenters. The monoisotopic (exact) mass is 276 g/mol. The van der Waals surface area contributed by atoms with E-state index in [1.165, 1.54) is 28.1 Å². The van der Waals surface area contributed by atoms with E-state index in [0.717, 1.165) is 0 Å². The Hall–Kier alpha value is -1.18. The van der Waals surface area contributed by atoms with Gasteiger partial charge in [0, 0.05) is 28.1 Å².